The molecule has 6 nitrogen and oxygen atoms in total. The largest absolute Gasteiger partial charge is 0.312 e. The summed E-state index contributed by atoms with van der Waals surface area (Å²) in [5.41, 5.74) is 1.36. The molecule has 0 aliphatic carbocycles. The second kappa shape index (κ2) is 6.45. The molecule has 8 heteroatoms. The molecule has 1 N–H and O–H groups in total. The van der Waals surface area contributed by atoms with Gasteiger partial charge >= 0.3 is 0 Å². The third-order valence-corrected chi connectivity index (χ3v) is 5.13. The third-order valence-electron chi connectivity index (χ3n) is 3.32. The summed E-state index contributed by atoms with van der Waals surface area (Å²) in [6.45, 7) is 0.743. The minimum atomic E-state index is -0.233. The van der Waals surface area contributed by atoms with Gasteiger partial charge in [-0.25, -0.2) is 0 Å². The van der Waals surface area contributed by atoms with Crippen LogP contribution in [0.1, 0.15) is 23.2 Å². The number of carbonyl (C=O) groups excluding carboxylic acids is 2. The number of hydrogen-bond donors (Lipinski definition) is 1. The molecule has 2 amide bonds. The lowest BCUT2D eigenvalue weighted by atomic mass is 10.2. The fourth-order valence-electron chi connectivity index (χ4n) is 2.23. The van der Waals surface area contributed by atoms with Crippen molar-refractivity contribution >= 4 is 45.7 Å². The maximum absolute atomic E-state index is 12.1. The summed E-state index contributed by atoms with van der Waals surface area (Å²) in [5, 5.41) is 11.0. The average molecular weight is 334 g/mol. The number of carbonyl (C=O) groups is 2. The predicted molar refractivity (Wildman–Crippen MR) is 87.7 cm³/mol. The van der Waals surface area contributed by atoms with E-state index in [1.165, 1.54) is 23.1 Å². The van der Waals surface area contributed by atoms with Crippen molar-refractivity contribution in [2.75, 3.05) is 23.0 Å². The average Bonchev–Trinajstić information content (AvgIpc) is 3.16. The van der Waals surface area contributed by atoms with Crippen LogP contribution >= 0.6 is 23.1 Å². The van der Waals surface area contributed by atoms with Crippen molar-refractivity contribution in [3.05, 3.63) is 29.8 Å². The minimum absolute atomic E-state index is 0.135. The standard InChI is InChI=1S/C14H14N4O2S2/c1-21-14-17-16-13(22-14)15-12(20)9-4-6-10(7-5-9)18-8-2-3-11(18)19/h4-7H,2-3,8H2,1H3,(H,15,16,20). The Labute approximate surface area is 135 Å². The summed E-state index contributed by atoms with van der Waals surface area (Å²) < 4.78 is 0.804. The number of benzene rings is 1. The van der Waals surface area contributed by atoms with Crippen LogP contribution < -0.4 is 10.2 Å². The van der Waals surface area contributed by atoms with Crippen LogP contribution in [0.4, 0.5) is 10.8 Å². The molecular formula is C14H14N4O2S2. The van der Waals surface area contributed by atoms with Crippen molar-refractivity contribution in [3.8, 4) is 0 Å². The van der Waals surface area contributed by atoms with Crippen molar-refractivity contribution in [3.63, 3.8) is 0 Å². The van der Waals surface area contributed by atoms with Crippen LogP contribution in [0.3, 0.4) is 0 Å². The highest BCUT2D eigenvalue weighted by Gasteiger charge is 2.21. The summed E-state index contributed by atoms with van der Waals surface area (Å²) in [4.78, 5) is 25.6. The molecule has 22 heavy (non-hydrogen) atoms. The van der Waals surface area contributed by atoms with Gasteiger partial charge in [0.25, 0.3) is 5.91 Å². The first-order valence-electron chi connectivity index (χ1n) is 6.76. The Kier molecular flexibility index (Phi) is 4.39. The lowest BCUT2D eigenvalue weighted by Crippen LogP contribution is -2.23. The number of thioether (sulfide) groups is 1. The van der Waals surface area contributed by atoms with Crippen molar-refractivity contribution in [2.45, 2.75) is 17.2 Å². The van der Waals surface area contributed by atoms with Crippen LogP contribution in [0.25, 0.3) is 0 Å². The topological polar surface area (TPSA) is 75.2 Å². The van der Waals surface area contributed by atoms with E-state index < -0.39 is 0 Å². The minimum Gasteiger partial charge on any atom is -0.312 e. The molecule has 0 bridgehead atoms. The van der Waals surface area contributed by atoms with E-state index in [4.69, 9.17) is 0 Å². The smallest absolute Gasteiger partial charge is 0.257 e. The van der Waals surface area contributed by atoms with Crippen LogP contribution in [0.5, 0.6) is 0 Å². The number of rotatable bonds is 4. The summed E-state index contributed by atoms with van der Waals surface area (Å²) in [5.74, 6) is -0.0984. The molecule has 2 heterocycles. The lowest BCUT2D eigenvalue weighted by molar-refractivity contribution is -0.117. The number of nitrogens with zero attached hydrogens (tertiary/aromatic N) is 3. The highest BCUT2D eigenvalue weighted by Crippen LogP contribution is 2.24. The van der Waals surface area contributed by atoms with Gasteiger partial charge in [-0.3, -0.25) is 14.9 Å². The van der Waals surface area contributed by atoms with Gasteiger partial charge in [0.15, 0.2) is 4.34 Å². The highest BCUT2D eigenvalue weighted by molar-refractivity contribution is 8.00. The van der Waals surface area contributed by atoms with Crippen LogP contribution in [-0.2, 0) is 4.79 Å². The van der Waals surface area contributed by atoms with E-state index in [-0.39, 0.29) is 11.8 Å². The van der Waals surface area contributed by atoms with Gasteiger partial charge in [0.05, 0.1) is 0 Å². The van der Waals surface area contributed by atoms with E-state index in [2.05, 4.69) is 15.5 Å². The maximum Gasteiger partial charge on any atom is 0.257 e. The Balaban J connectivity index is 1.69. The van der Waals surface area contributed by atoms with Gasteiger partial charge in [-0.2, -0.15) is 0 Å². The van der Waals surface area contributed by atoms with Gasteiger partial charge in [0, 0.05) is 24.2 Å². The third kappa shape index (κ3) is 3.12. The molecule has 1 saturated heterocycles. The zero-order chi connectivity index (χ0) is 15.5. The summed E-state index contributed by atoms with van der Waals surface area (Å²) in [6.07, 6.45) is 3.39. The number of nitrogens with one attached hydrogen (secondary N) is 1. The molecule has 0 atom stereocenters. The molecule has 1 aromatic carbocycles. The zero-order valence-electron chi connectivity index (χ0n) is 11.9. The zero-order valence-corrected chi connectivity index (χ0v) is 13.5. The van der Waals surface area contributed by atoms with Gasteiger partial charge in [-0.15, -0.1) is 10.2 Å². The van der Waals surface area contributed by atoms with E-state index in [1.54, 1.807) is 29.2 Å². The van der Waals surface area contributed by atoms with Crippen LogP contribution in [0, 0.1) is 0 Å². The number of anilines is 2. The number of hydrogen-bond acceptors (Lipinski definition) is 6. The fraction of sp³-hybridized carbons (Fsp3) is 0.286. The molecule has 2 aromatic rings. The highest BCUT2D eigenvalue weighted by atomic mass is 32.2. The van der Waals surface area contributed by atoms with Crippen molar-refractivity contribution in [1.29, 1.82) is 0 Å². The summed E-state index contributed by atoms with van der Waals surface area (Å²) in [7, 11) is 0. The maximum atomic E-state index is 12.1. The van der Waals surface area contributed by atoms with E-state index in [0.29, 0.717) is 17.1 Å². The van der Waals surface area contributed by atoms with Crippen molar-refractivity contribution < 1.29 is 9.59 Å². The van der Waals surface area contributed by atoms with Crippen molar-refractivity contribution in [1.82, 2.24) is 10.2 Å². The second-order valence-electron chi connectivity index (χ2n) is 4.73. The lowest BCUT2D eigenvalue weighted by Gasteiger charge is -2.15. The van der Waals surface area contributed by atoms with Crippen LogP contribution in [0.15, 0.2) is 28.6 Å². The quantitative estimate of drug-likeness (QED) is 0.687. The van der Waals surface area contributed by atoms with Crippen LogP contribution in [0.2, 0.25) is 0 Å². The Morgan fingerprint density at radius 3 is 2.68 bits per heavy atom. The van der Waals surface area contributed by atoms with Crippen LogP contribution in [-0.4, -0.2) is 34.8 Å². The van der Waals surface area contributed by atoms with Gasteiger partial charge in [-0.05, 0) is 36.9 Å². The molecule has 1 aromatic heterocycles. The Bertz CT molecular complexity index is 699. The van der Waals surface area contributed by atoms with Crippen molar-refractivity contribution in [2.24, 2.45) is 0 Å². The molecule has 0 unspecified atom stereocenters. The van der Waals surface area contributed by atoms with E-state index in [1.807, 2.05) is 6.26 Å². The molecular weight excluding hydrogens is 320 g/mol. The summed E-state index contributed by atoms with van der Waals surface area (Å²) >= 11 is 2.82. The molecule has 3 rings (SSSR count). The first-order chi connectivity index (χ1) is 10.7. The monoisotopic (exact) mass is 334 g/mol. The molecule has 1 fully saturated rings. The Morgan fingerprint density at radius 2 is 2.09 bits per heavy atom. The molecule has 1 aliphatic rings. The molecule has 114 valence electrons. The van der Waals surface area contributed by atoms with Gasteiger partial charge < -0.3 is 4.90 Å². The van der Waals surface area contributed by atoms with Gasteiger partial charge in [0.1, 0.15) is 0 Å². The SMILES string of the molecule is CSc1nnc(NC(=O)c2ccc(N3CCCC3=O)cc2)s1. The number of aromatic nitrogens is 2. The second-order valence-corrected chi connectivity index (χ2v) is 6.76. The normalized spacial score (nSPS) is 14.4. The van der Waals surface area contributed by atoms with E-state index in [0.717, 1.165) is 23.0 Å². The number of amides is 2. The molecule has 0 spiro atoms. The summed E-state index contributed by atoms with van der Waals surface area (Å²) in [6, 6.07) is 7.02. The molecule has 0 saturated carbocycles. The Hall–Kier alpha value is -1.93. The molecule has 1 aliphatic heterocycles. The van der Waals surface area contributed by atoms with Gasteiger partial charge in [0.2, 0.25) is 11.0 Å². The Morgan fingerprint density at radius 1 is 1.32 bits per heavy atom. The fourth-order valence-corrected chi connectivity index (χ4v) is 3.39. The van der Waals surface area contributed by atoms with E-state index >= 15 is 0 Å². The first kappa shape index (κ1) is 15.0. The van der Waals surface area contributed by atoms with Gasteiger partial charge in [-0.1, -0.05) is 23.1 Å². The molecule has 0 radical (unpaired) electrons. The van der Waals surface area contributed by atoms with E-state index in [9.17, 15) is 9.59 Å². The first-order valence-corrected chi connectivity index (χ1v) is 8.81. The predicted octanol–water partition coefficient (Wildman–Crippen LogP) is 2.64.